The molecule has 0 aliphatic rings. The minimum Gasteiger partial charge on any atom is -0.324 e. The molecule has 0 heterocycles. The summed E-state index contributed by atoms with van der Waals surface area (Å²) >= 11 is 0. The predicted molar refractivity (Wildman–Crippen MR) is 83.5 cm³/mol. The molecule has 0 saturated heterocycles. The maximum atomic E-state index is 12.4. The first-order chi connectivity index (χ1) is 9.57. The zero-order chi connectivity index (χ0) is 16.4. The number of nitrogens with zero attached hydrogens (tertiary/aromatic N) is 1. The Balaban J connectivity index is 3.21. The Morgan fingerprint density at radius 2 is 1.86 bits per heavy atom. The van der Waals surface area contributed by atoms with Gasteiger partial charge in [-0.3, -0.25) is 4.79 Å². The van der Waals surface area contributed by atoms with Crippen LogP contribution in [0, 0.1) is 6.92 Å². The standard InChI is InChI=1S/C14H23N3O3S/c1-9(2)17(5)21(19,20)12-7-6-10(3)13(8-12)16-14(18)11(4)15/h6-9,11H,15H2,1-5H3,(H,16,18)/t11-/m0/s1. The van der Waals surface area contributed by atoms with Crippen LogP contribution in [0.5, 0.6) is 0 Å². The van der Waals surface area contributed by atoms with Gasteiger partial charge in [0.25, 0.3) is 0 Å². The summed E-state index contributed by atoms with van der Waals surface area (Å²) in [5.74, 6) is -0.357. The lowest BCUT2D eigenvalue weighted by Gasteiger charge is -2.21. The van der Waals surface area contributed by atoms with Crippen LogP contribution in [0.4, 0.5) is 5.69 Å². The third kappa shape index (κ3) is 4.03. The van der Waals surface area contributed by atoms with Crippen LogP contribution in [0.2, 0.25) is 0 Å². The Morgan fingerprint density at radius 3 is 2.33 bits per heavy atom. The number of benzene rings is 1. The van der Waals surface area contributed by atoms with E-state index in [2.05, 4.69) is 5.32 Å². The van der Waals surface area contributed by atoms with Crippen molar-refractivity contribution in [1.82, 2.24) is 4.31 Å². The van der Waals surface area contributed by atoms with E-state index >= 15 is 0 Å². The number of anilines is 1. The van der Waals surface area contributed by atoms with E-state index in [0.717, 1.165) is 5.56 Å². The van der Waals surface area contributed by atoms with E-state index < -0.39 is 16.1 Å². The summed E-state index contributed by atoms with van der Waals surface area (Å²) < 4.78 is 26.2. The van der Waals surface area contributed by atoms with E-state index in [-0.39, 0.29) is 16.8 Å². The van der Waals surface area contributed by atoms with Gasteiger partial charge in [-0.15, -0.1) is 0 Å². The smallest absolute Gasteiger partial charge is 0.243 e. The number of nitrogens with one attached hydrogen (secondary N) is 1. The van der Waals surface area contributed by atoms with Crippen molar-refractivity contribution in [2.24, 2.45) is 5.73 Å². The van der Waals surface area contributed by atoms with Crippen molar-refractivity contribution < 1.29 is 13.2 Å². The van der Waals surface area contributed by atoms with E-state index in [0.29, 0.717) is 5.69 Å². The molecular weight excluding hydrogens is 290 g/mol. The molecule has 1 amide bonds. The Bertz CT molecular complexity index is 624. The Labute approximate surface area is 126 Å². The number of amides is 1. The summed E-state index contributed by atoms with van der Waals surface area (Å²) in [4.78, 5) is 11.8. The first-order valence-electron chi connectivity index (χ1n) is 6.72. The van der Waals surface area contributed by atoms with Crippen LogP contribution in [-0.2, 0) is 14.8 Å². The lowest BCUT2D eigenvalue weighted by Crippen LogP contribution is -2.34. The molecule has 0 aliphatic carbocycles. The number of nitrogens with two attached hydrogens (primary N) is 1. The van der Waals surface area contributed by atoms with Gasteiger partial charge in [0.05, 0.1) is 10.9 Å². The molecule has 0 bridgehead atoms. The van der Waals surface area contributed by atoms with Crippen LogP contribution in [-0.4, -0.2) is 37.8 Å². The van der Waals surface area contributed by atoms with Crippen molar-refractivity contribution in [3.05, 3.63) is 23.8 Å². The zero-order valence-electron chi connectivity index (χ0n) is 13.0. The molecule has 0 saturated carbocycles. The second-order valence-corrected chi connectivity index (χ2v) is 7.37. The van der Waals surface area contributed by atoms with Gasteiger partial charge in [0.15, 0.2) is 0 Å². The quantitative estimate of drug-likeness (QED) is 0.857. The molecule has 21 heavy (non-hydrogen) atoms. The fourth-order valence-corrected chi connectivity index (χ4v) is 2.98. The number of carbonyl (C=O) groups excluding carboxylic acids is 1. The van der Waals surface area contributed by atoms with Gasteiger partial charge >= 0.3 is 0 Å². The molecule has 7 heteroatoms. The molecule has 1 rings (SSSR count). The number of carbonyl (C=O) groups is 1. The van der Waals surface area contributed by atoms with Crippen LogP contribution < -0.4 is 11.1 Å². The van der Waals surface area contributed by atoms with E-state index in [1.807, 2.05) is 0 Å². The van der Waals surface area contributed by atoms with Gasteiger partial charge in [-0.2, -0.15) is 4.31 Å². The van der Waals surface area contributed by atoms with Gasteiger partial charge < -0.3 is 11.1 Å². The van der Waals surface area contributed by atoms with Gasteiger partial charge in [-0.05, 0) is 45.4 Å². The summed E-state index contributed by atoms with van der Waals surface area (Å²) in [5.41, 5.74) is 6.73. The molecule has 118 valence electrons. The maximum absolute atomic E-state index is 12.4. The first kappa shape index (κ1) is 17.6. The van der Waals surface area contributed by atoms with Crippen LogP contribution in [0.1, 0.15) is 26.3 Å². The molecule has 0 spiro atoms. The number of hydrogen-bond acceptors (Lipinski definition) is 4. The largest absolute Gasteiger partial charge is 0.324 e. The normalized spacial score (nSPS) is 13.5. The van der Waals surface area contributed by atoms with Gasteiger partial charge in [0.1, 0.15) is 0 Å². The number of aryl methyl sites for hydroxylation is 1. The monoisotopic (exact) mass is 313 g/mol. The maximum Gasteiger partial charge on any atom is 0.243 e. The fourth-order valence-electron chi connectivity index (χ4n) is 1.59. The molecule has 1 aromatic carbocycles. The van der Waals surface area contributed by atoms with Crippen molar-refractivity contribution in [3.8, 4) is 0 Å². The molecule has 1 atom stereocenters. The molecule has 0 aromatic heterocycles. The summed E-state index contributed by atoms with van der Waals surface area (Å²) in [6.45, 7) is 6.95. The highest BCUT2D eigenvalue weighted by Gasteiger charge is 2.24. The number of hydrogen-bond donors (Lipinski definition) is 2. The topological polar surface area (TPSA) is 92.5 Å². The van der Waals surface area contributed by atoms with E-state index in [9.17, 15) is 13.2 Å². The zero-order valence-corrected chi connectivity index (χ0v) is 13.9. The Morgan fingerprint density at radius 1 is 1.29 bits per heavy atom. The third-order valence-corrected chi connectivity index (χ3v) is 5.31. The van der Waals surface area contributed by atoms with Crippen molar-refractivity contribution in [2.75, 3.05) is 12.4 Å². The van der Waals surface area contributed by atoms with Gasteiger partial charge in [0.2, 0.25) is 15.9 Å². The van der Waals surface area contributed by atoms with E-state index in [1.165, 1.54) is 23.5 Å². The molecule has 0 aliphatic heterocycles. The number of sulfonamides is 1. The summed E-state index contributed by atoms with van der Waals surface area (Å²) in [6.07, 6.45) is 0. The van der Waals surface area contributed by atoms with Crippen LogP contribution in [0.3, 0.4) is 0 Å². The molecule has 6 nitrogen and oxygen atoms in total. The van der Waals surface area contributed by atoms with Gasteiger partial charge in [-0.25, -0.2) is 8.42 Å². The Hall–Kier alpha value is -1.44. The van der Waals surface area contributed by atoms with Crippen molar-refractivity contribution in [2.45, 2.75) is 44.7 Å². The molecule has 1 aromatic rings. The van der Waals surface area contributed by atoms with Crippen molar-refractivity contribution in [3.63, 3.8) is 0 Å². The average molecular weight is 313 g/mol. The fraction of sp³-hybridized carbons (Fsp3) is 0.500. The summed E-state index contributed by atoms with van der Waals surface area (Å²) in [7, 11) is -2.05. The van der Waals surface area contributed by atoms with Crippen LogP contribution in [0.15, 0.2) is 23.1 Å². The highest BCUT2D eigenvalue weighted by Crippen LogP contribution is 2.23. The Kier molecular flexibility index (Phi) is 5.49. The molecule has 0 unspecified atom stereocenters. The minimum absolute atomic E-state index is 0.143. The predicted octanol–water partition coefficient (Wildman–Crippen LogP) is 1.31. The van der Waals surface area contributed by atoms with Gasteiger partial charge in [-0.1, -0.05) is 6.07 Å². The van der Waals surface area contributed by atoms with Crippen molar-refractivity contribution >= 4 is 21.6 Å². The lowest BCUT2D eigenvalue weighted by molar-refractivity contribution is -0.117. The molecule has 3 N–H and O–H groups in total. The third-order valence-electron chi connectivity index (χ3n) is 3.28. The van der Waals surface area contributed by atoms with Crippen molar-refractivity contribution in [1.29, 1.82) is 0 Å². The average Bonchev–Trinajstić information content (AvgIpc) is 2.39. The van der Waals surface area contributed by atoms with Crippen LogP contribution in [0.25, 0.3) is 0 Å². The highest BCUT2D eigenvalue weighted by molar-refractivity contribution is 7.89. The van der Waals surface area contributed by atoms with E-state index in [1.54, 1.807) is 33.8 Å². The minimum atomic E-state index is -3.58. The summed E-state index contributed by atoms with van der Waals surface area (Å²) in [6, 6.07) is 3.84. The summed E-state index contributed by atoms with van der Waals surface area (Å²) in [5, 5.41) is 2.64. The highest BCUT2D eigenvalue weighted by atomic mass is 32.2. The second kappa shape index (κ2) is 6.55. The second-order valence-electron chi connectivity index (χ2n) is 5.37. The lowest BCUT2D eigenvalue weighted by atomic mass is 10.2. The molecule has 0 fully saturated rings. The van der Waals surface area contributed by atoms with Crippen LogP contribution >= 0.6 is 0 Å². The van der Waals surface area contributed by atoms with E-state index in [4.69, 9.17) is 5.73 Å². The SMILES string of the molecule is Cc1ccc(S(=O)(=O)N(C)C(C)C)cc1NC(=O)[C@H](C)N. The molecular formula is C14H23N3O3S. The number of rotatable bonds is 5. The first-order valence-corrected chi connectivity index (χ1v) is 8.16. The molecule has 0 radical (unpaired) electrons. The van der Waals surface area contributed by atoms with Gasteiger partial charge in [0, 0.05) is 18.8 Å².